The number of hydrogen-bond donors (Lipinski definition) is 0. The SMILES string of the molecule is CCCOC1CCCN(C(=O)C2CC2[N+](=O)[O-])C1. The van der Waals surface area contributed by atoms with Crippen LogP contribution in [0.2, 0.25) is 0 Å². The summed E-state index contributed by atoms with van der Waals surface area (Å²) in [7, 11) is 0. The van der Waals surface area contributed by atoms with E-state index in [-0.39, 0.29) is 22.9 Å². The third-order valence-electron chi connectivity index (χ3n) is 3.59. The zero-order valence-corrected chi connectivity index (χ0v) is 10.7. The molecule has 0 bridgehead atoms. The molecule has 3 atom stereocenters. The first-order valence-corrected chi connectivity index (χ1v) is 6.67. The molecule has 6 heteroatoms. The van der Waals surface area contributed by atoms with Gasteiger partial charge in [0.2, 0.25) is 11.9 Å². The molecule has 2 fully saturated rings. The summed E-state index contributed by atoms with van der Waals surface area (Å²) in [4.78, 5) is 24.0. The van der Waals surface area contributed by atoms with Crippen molar-refractivity contribution in [3.8, 4) is 0 Å². The molecule has 18 heavy (non-hydrogen) atoms. The Kier molecular flexibility index (Phi) is 4.16. The number of amides is 1. The molecule has 6 nitrogen and oxygen atoms in total. The molecule has 0 aromatic carbocycles. The molecule has 0 N–H and O–H groups in total. The summed E-state index contributed by atoms with van der Waals surface area (Å²) >= 11 is 0. The van der Waals surface area contributed by atoms with Gasteiger partial charge in [-0.2, -0.15) is 0 Å². The number of nitrogens with zero attached hydrogens (tertiary/aromatic N) is 2. The second-order valence-electron chi connectivity index (χ2n) is 5.11. The second-order valence-corrected chi connectivity index (χ2v) is 5.11. The van der Waals surface area contributed by atoms with Gasteiger partial charge in [0, 0.05) is 31.0 Å². The average molecular weight is 256 g/mol. The van der Waals surface area contributed by atoms with Crippen LogP contribution in [-0.2, 0) is 9.53 Å². The smallest absolute Gasteiger partial charge is 0.232 e. The maximum Gasteiger partial charge on any atom is 0.232 e. The van der Waals surface area contributed by atoms with Crippen molar-refractivity contribution in [1.82, 2.24) is 4.90 Å². The largest absolute Gasteiger partial charge is 0.376 e. The van der Waals surface area contributed by atoms with Crippen molar-refractivity contribution in [2.75, 3.05) is 19.7 Å². The van der Waals surface area contributed by atoms with Crippen molar-refractivity contribution in [3.05, 3.63) is 10.1 Å². The summed E-state index contributed by atoms with van der Waals surface area (Å²) in [6.07, 6.45) is 3.39. The quantitative estimate of drug-likeness (QED) is 0.545. The summed E-state index contributed by atoms with van der Waals surface area (Å²) in [6.45, 7) is 4.08. The van der Waals surface area contributed by atoms with Crippen LogP contribution in [0.4, 0.5) is 0 Å². The zero-order chi connectivity index (χ0) is 13.1. The van der Waals surface area contributed by atoms with Crippen molar-refractivity contribution in [2.24, 2.45) is 5.92 Å². The molecule has 0 spiro atoms. The number of carbonyl (C=O) groups excluding carboxylic acids is 1. The molecule has 1 heterocycles. The average Bonchev–Trinajstić information content (AvgIpc) is 3.16. The van der Waals surface area contributed by atoms with Gasteiger partial charge in [0.05, 0.1) is 6.10 Å². The molecule has 102 valence electrons. The predicted octanol–water partition coefficient (Wildman–Crippen LogP) is 1.07. The molecular formula is C12H20N2O4. The summed E-state index contributed by atoms with van der Waals surface area (Å²) in [5.41, 5.74) is 0. The van der Waals surface area contributed by atoms with Gasteiger partial charge in [-0.1, -0.05) is 6.92 Å². The number of carbonyl (C=O) groups is 1. The van der Waals surface area contributed by atoms with E-state index in [1.807, 2.05) is 0 Å². The Hall–Kier alpha value is -1.17. The molecule has 1 amide bonds. The number of nitro groups is 1. The topological polar surface area (TPSA) is 72.7 Å². The van der Waals surface area contributed by atoms with E-state index in [0.717, 1.165) is 19.3 Å². The Bertz CT molecular complexity index is 334. The van der Waals surface area contributed by atoms with Crippen molar-refractivity contribution in [2.45, 2.75) is 44.8 Å². The standard InChI is InChI=1S/C12H20N2O4/c1-2-6-18-9-4-3-5-13(8-9)12(15)10-7-11(10)14(16)17/h9-11H,2-8H2,1H3. The highest BCUT2D eigenvalue weighted by Gasteiger charge is 2.54. The van der Waals surface area contributed by atoms with Crippen LogP contribution in [0.15, 0.2) is 0 Å². The van der Waals surface area contributed by atoms with Gasteiger partial charge in [-0.15, -0.1) is 0 Å². The monoisotopic (exact) mass is 256 g/mol. The van der Waals surface area contributed by atoms with E-state index in [2.05, 4.69) is 6.92 Å². The van der Waals surface area contributed by atoms with Crippen LogP contribution in [0.5, 0.6) is 0 Å². The highest BCUT2D eigenvalue weighted by atomic mass is 16.6. The van der Waals surface area contributed by atoms with E-state index in [9.17, 15) is 14.9 Å². The van der Waals surface area contributed by atoms with Gasteiger partial charge < -0.3 is 9.64 Å². The normalized spacial score (nSPS) is 31.2. The third-order valence-corrected chi connectivity index (χ3v) is 3.59. The van der Waals surface area contributed by atoms with Gasteiger partial charge in [0.1, 0.15) is 5.92 Å². The first-order valence-electron chi connectivity index (χ1n) is 6.67. The number of ether oxygens (including phenoxy) is 1. The number of piperidine rings is 1. The van der Waals surface area contributed by atoms with Crippen molar-refractivity contribution in [3.63, 3.8) is 0 Å². The number of hydrogen-bond acceptors (Lipinski definition) is 4. The summed E-state index contributed by atoms with van der Waals surface area (Å²) in [6, 6.07) is -0.644. The molecule has 1 aliphatic carbocycles. The second kappa shape index (κ2) is 5.65. The van der Waals surface area contributed by atoms with Crippen LogP contribution in [0.25, 0.3) is 0 Å². The lowest BCUT2D eigenvalue weighted by molar-refractivity contribution is -0.497. The molecule has 2 rings (SSSR count). The van der Waals surface area contributed by atoms with Gasteiger partial charge in [-0.05, 0) is 19.3 Å². The fraction of sp³-hybridized carbons (Fsp3) is 0.917. The van der Waals surface area contributed by atoms with Crippen molar-refractivity contribution in [1.29, 1.82) is 0 Å². The summed E-state index contributed by atoms with van der Waals surface area (Å²) < 4.78 is 5.66. The van der Waals surface area contributed by atoms with Crippen LogP contribution >= 0.6 is 0 Å². The highest BCUT2D eigenvalue weighted by molar-refractivity contribution is 5.82. The lowest BCUT2D eigenvalue weighted by Crippen LogP contribution is -2.44. The molecular weight excluding hydrogens is 236 g/mol. The first kappa shape index (κ1) is 13.3. The Morgan fingerprint density at radius 3 is 2.94 bits per heavy atom. The zero-order valence-electron chi connectivity index (χ0n) is 10.7. The van der Waals surface area contributed by atoms with E-state index in [0.29, 0.717) is 26.1 Å². The maximum atomic E-state index is 12.1. The lowest BCUT2D eigenvalue weighted by atomic mass is 10.1. The number of likely N-dealkylation sites (tertiary alicyclic amines) is 1. The van der Waals surface area contributed by atoms with E-state index in [1.165, 1.54) is 0 Å². The Morgan fingerprint density at radius 2 is 2.33 bits per heavy atom. The van der Waals surface area contributed by atoms with Crippen molar-refractivity contribution < 1.29 is 14.5 Å². The molecule has 3 unspecified atom stereocenters. The van der Waals surface area contributed by atoms with Crippen LogP contribution < -0.4 is 0 Å². The Morgan fingerprint density at radius 1 is 1.56 bits per heavy atom. The molecule has 1 saturated heterocycles. The minimum atomic E-state index is -0.644. The minimum Gasteiger partial charge on any atom is -0.376 e. The Balaban J connectivity index is 1.82. The Labute approximate surface area is 106 Å². The summed E-state index contributed by atoms with van der Waals surface area (Å²) in [5, 5.41) is 10.6. The van der Waals surface area contributed by atoms with E-state index >= 15 is 0 Å². The van der Waals surface area contributed by atoms with Crippen LogP contribution in [0, 0.1) is 16.0 Å². The third kappa shape index (κ3) is 2.98. The molecule has 0 aromatic rings. The summed E-state index contributed by atoms with van der Waals surface area (Å²) in [5.74, 6) is -0.438. The van der Waals surface area contributed by atoms with Gasteiger partial charge >= 0.3 is 0 Å². The number of rotatable bonds is 5. The van der Waals surface area contributed by atoms with Crippen LogP contribution in [0.1, 0.15) is 32.6 Å². The molecule has 0 radical (unpaired) electrons. The van der Waals surface area contributed by atoms with Crippen LogP contribution in [-0.4, -0.2) is 47.6 Å². The molecule has 1 aliphatic heterocycles. The van der Waals surface area contributed by atoms with Gasteiger partial charge in [-0.25, -0.2) is 0 Å². The molecule has 1 saturated carbocycles. The fourth-order valence-electron chi connectivity index (χ4n) is 2.47. The van der Waals surface area contributed by atoms with Crippen molar-refractivity contribution >= 4 is 5.91 Å². The van der Waals surface area contributed by atoms with Gasteiger partial charge in [0.25, 0.3) is 0 Å². The van der Waals surface area contributed by atoms with E-state index in [4.69, 9.17) is 4.74 Å². The minimum absolute atomic E-state index is 0.0542. The maximum absolute atomic E-state index is 12.1. The predicted molar refractivity (Wildman–Crippen MR) is 64.7 cm³/mol. The van der Waals surface area contributed by atoms with Crippen LogP contribution in [0.3, 0.4) is 0 Å². The fourth-order valence-corrected chi connectivity index (χ4v) is 2.47. The van der Waals surface area contributed by atoms with Gasteiger partial charge in [-0.3, -0.25) is 14.9 Å². The molecule has 2 aliphatic rings. The van der Waals surface area contributed by atoms with E-state index in [1.54, 1.807) is 4.90 Å². The van der Waals surface area contributed by atoms with Gasteiger partial charge in [0.15, 0.2) is 0 Å². The van der Waals surface area contributed by atoms with E-state index < -0.39 is 6.04 Å². The molecule has 0 aromatic heterocycles. The highest BCUT2D eigenvalue weighted by Crippen LogP contribution is 2.35. The lowest BCUT2D eigenvalue weighted by Gasteiger charge is -2.32. The first-order chi connectivity index (χ1) is 8.63.